The van der Waals surface area contributed by atoms with Crippen LogP contribution in [0.15, 0.2) is 33.8 Å². The summed E-state index contributed by atoms with van der Waals surface area (Å²) in [4.78, 5) is 23.7. The average molecular weight is 413 g/mol. The Morgan fingerprint density at radius 1 is 1.42 bits per heavy atom. The largest absolute Gasteiger partial charge is 0.465 e. The molecule has 130 valence electrons. The number of esters is 1. The molecule has 1 aliphatic carbocycles. The summed E-state index contributed by atoms with van der Waals surface area (Å²) in [7, 11) is 0. The number of nitrogens with one attached hydrogen (secondary N) is 1. The molecule has 0 aromatic heterocycles. The van der Waals surface area contributed by atoms with E-state index in [1.54, 1.807) is 6.92 Å². The summed E-state index contributed by atoms with van der Waals surface area (Å²) in [5.41, 5.74) is 4.43. The second-order valence-corrected chi connectivity index (χ2v) is 7.26. The second-order valence-electron chi connectivity index (χ2n) is 5.42. The van der Waals surface area contributed by atoms with E-state index >= 15 is 0 Å². The van der Waals surface area contributed by atoms with Crippen molar-refractivity contribution in [2.45, 2.75) is 31.9 Å². The molecule has 1 amide bonds. The Labute approximate surface area is 154 Å². The van der Waals surface area contributed by atoms with Crippen LogP contribution in [0.1, 0.15) is 31.7 Å². The summed E-state index contributed by atoms with van der Waals surface area (Å²) in [6.07, 6.45) is 2.37. The van der Waals surface area contributed by atoms with Crippen LogP contribution in [0.25, 0.3) is 0 Å². The Kier molecular flexibility index (Phi) is 7.78. The van der Waals surface area contributed by atoms with E-state index in [0.29, 0.717) is 12.4 Å². The monoisotopic (exact) mass is 412 g/mol. The zero-order valence-electron chi connectivity index (χ0n) is 13.6. The average Bonchev–Trinajstić information content (AvgIpc) is 3.03. The van der Waals surface area contributed by atoms with Gasteiger partial charge in [0.1, 0.15) is 0 Å². The van der Waals surface area contributed by atoms with Gasteiger partial charge < -0.3 is 4.74 Å². The molecule has 1 aliphatic rings. The topological polar surface area (TPSA) is 67.8 Å². The van der Waals surface area contributed by atoms with Gasteiger partial charge in [-0.15, -0.1) is 11.8 Å². The lowest BCUT2D eigenvalue weighted by Crippen LogP contribution is -2.26. The van der Waals surface area contributed by atoms with Gasteiger partial charge >= 0.3 is 5.97 Å². The Balaban J connectivity index is 1.78. The van der Waals surface area contributed by atoms with E-state index in [0.717, 1.165) is 40.8 Å². The summed E-state index contributed by atoms with van der Waals surface area (Å²) >= 11 is 5.02. The van der Waals surface area contributed by atoms with Gasteiger partial charge in [-0.1, -0.05) is 34.1 Å². The molecular formula is C17H21BrN2O3S. The first-order chi connectivity index (χ1) is 11.6. The molecule has 1 atom stereocenters. The van der Waals surface area contributed by atoms with Crippen LogP contribution in [0, 0.1) is 5.92 Å². The van der Waals surface area contributed by atoms with Gasteiger partial charge in [0, 0.05) is 10.2 Å². The highest BCUT2D eigenvalue weighted by molar-refractivity contribution is 9.10. The van der Waals surface area contributed by atoms with Crippen molar-refractivity contribution in [2.75, 3.05) is 12.4 Å². The Bertz CT molecular complexity index is 622. The van der Waals surface area contributed by atoms with E-state index in [2.05, 4.69) is 26.5 Å². The third-order valence-corrected chi connectivity index (χ3v) is 5.43. The zero-order valence-corrected chi connectivity index (χ0v) is 16.0. The van der Waals surface area contributed by atoms with Gasteiger partial charge in [-0.3, -0.25) is 9.59 Å². The van der Waals surface area contributed by atoms with Gasteiger partial charge in [0.05, 0.1) is 24.0 Å². The van der Waals surface area contributed by atoms with Crippen molar-refractivity contribution in [3.05, 3.63) is 34.3 Å². The SMILES string of the molecule is CCOC(=O)C1CCCC1=NNC(=O)CSCc1ccccc1Br. The third-order valence-electron chi connectivity index (χ3n) is 3.67. The number of ether oxygens (including phenoxy) is 1. The third kappa shape index (κ3) is 5.63. The first kappa shape index (κ1) is 19.0. The number of thioether (sulfide) groups is 1. The van der Waals surface area contributed by atoms with E-state index < -0.39 is 0 Å². The van der Waals surface area contributed by atoms with Gasteiger partial charge in [-0.05, 0) is 37.8 Å². The highest BCUT2D eigenvalue weighted by Gasteiger charge is 2.30. The standard InChI is InChI=1S/C17H21BrN2O3S/c1-2-23-17(22)13-7-5-9-15(13)19-20-16(21)11-24-10-12-6-3-4-8-14(12)18/h3-4,6,8,13H,2,5,7,9-11H2,1H3,(H,20,21). The Morgan fingerprint density at radius 3 is 2.96 bits per heavy atom. The van der Waals surface area contributed by atoms with E-state index in [1.165, 1.54) is 11.8 Å². The van der Waals surface area contributed by atoms with Crippen LogP contribution in [0.5, 0.6) is 0 Å². The molecule has 24 heavy (non-hydrogen) atoms. The van der Waals surface area contributed by atoms with Crippen molar-refractivity contribution in [1.82, 2.24) is 5.43 Å². The number of carbonyl (C=O) groups excluding carboxylic acids is 2. The molecule has 1 N–H and O–H groups in total. The highest BCUT2D eigenvalue weighted by Crippen LogP contribution is 2.24. The maximum atomic E-state index is 11.9. The molecule has 7 heteroatoms. The molecule has 1 fully saturated rings. The zero-order chi connectivity index (χ0) is 17.4. The van der Waals surface area contributed by atoms with Crippen LogP contribution in [0.3, 0.4) is 0 Å². The van der Waals surface area contributed by atoms with Crippen molar-refractivity contribution in [3.63, 3.8) is 0 Å². The maximum absolute atomic E-state index is 11.9. The molecule has 1 unspecified atom stereocenters. The molecule has 0 aliphatic heterocycles. The predicted molar refractivity (Wildman–Crippen MR) is 99.9 cm³/mol. The number of nitrogens with zero attached hydrogens (tertiary/aromatic N) is 1. The van der Waals surface area contributed by atoms with Gasteiger partial charge in [0.2, 0.25) is 5.91 Å². The fourth-order valence-corrected chi connectivity index (χ4v) is 3.93. The molecule has 1 aromatic rings. The molecule has 1 aromatic carbocycles. The number of hydrogen-bond acceptors (Lipinski definition) is 5. The molecule has 0 heterocycles. The minimum Gasteiger partial charge on any atom is -0.465 e. The molecule has 0 spiro atoms. The predicted octanol–water partition coefficient (Wildman–Crippen LogP) is 3.52. The fourth-order valence-electron chi connectivity index (χ4n) is 2.49. The Morgan fingerprint density at radius 2 is 2.21 bits per heavy atom. The van der Waals surface area contributed by atoms with Crippen molar-refractivity contribution in [1.29, 1.82) is 0 Å². The van der Waals surface area contributed by atoms with Gasteiger partial charge in [0.25, 0.3) is 0 Å². The Hall–Kier alpha value is -1.34. The van der Waals surface area contributed by atoms with E-state index in [9.17, 15) is 9.59 Å². The lowest BCUT2D eigenvalue weighted by Gasteiger charge is -2.10. The molecule has 1 saturated carbocycles. The summed E-state index contributed by atoms with van der Waals surface area (Å²) < 4.78 is 6.09. The quantitative estimate of drug-likeness (QED) is 0.549. The van der Waals surface area contributed by atoms with Crippen molar-refractivity contribution >= 4 is 45.3 Å². The molecule has 0 bridgehead atoms. The number of amides is 1. The van der Waals surface area contributed by atoms with Gasteiger partial charge in [0.15, 0.2) is 0 Å². The smallest absolute Gasteiger partial charge is 0.314 e. The first-order valence-corrected chi connectivity index (χ1v) is 9.89. The van der Waals surface area contributed by atoms with E-state index in [1.807, 2.05) is 24.3 Å². The van der Waals surface area contributed by atoms with Gasteiger partial charge in [-0.2, -0.15) is 5.10 Å². The van der Waals surface area contributed by atoms with Crippen LogP contribution in [-0.4, -0.2) is 29.9 Å². The van der Waals surface area contributed by atoms with Crippen LogP contribution < -0.4 is 5.43 Å². The number of hydrazone groups is 1. The minimum absolute atomic E-state index is 0.158. The van der Waals surface area contributed by atoms with Crippen LogP contribution in [-0.2, 0) is 20.1 Å². The first-order valence-electron chi connectivity index (χ1n) is 7.95. The lowest BCUT2D eigenvalue weighted by atomic mass is 10.1. The van der Waals surface area contributed by atoms with Crippen molar-refractivity contribution in [2.24, 2.45) is 11.0 Å². The number of rotatable bonds is 7. The molecular weight excluding hydrogens is 392 g/mol. The molecule has 5 nitrogen and oxygen atoms in total. The molecule has 0 saturated heterocycles. The normalized spacial score (nSPS) is 18.6. The van der Waals surface area contributed by atoms with E-state index in [-0.39, 0.29) is 17.8 Å². The number of halogens is 1. The molecule has 0 radical (unpaired) electrons. The van der Waals surface area contributed by atoms with E-state index in [4.69, 9.17) is 4.74 Å². The van der Waals surface area contributed by atoms with Gasteiger partial charge in [-0.25, -0.2) is 5.43 Å². The van der Waals surface area contributed by atoms with Crippen LogP contribution in [0.2, 0.25) is 0 Å². The summed E-state index contributed by atoms with van der Waals surface area (Å²) in [6, 6.07) is 7.94. The maximum Gasteiger partial charge on any atom is 0.314 e. The summed E-state index contributed by atoms with van der Waals surface area (Å²) in [5, 5.41) is 4.14. The number of hydrogen-bond donors (Lipinski definition) is 1. The molecule has 2 rings (SSSR count). The van der Waals surface area contributed by atoms with Crippen molar-refractivity contribution < 1.29 is 14.3 Å². The lowest BCUT2D eigenvalue weighted by molar-refractivity contribution is -0.145. The van der Waals surface area contributed by atoms with Crippen molar-refractivity contribution in [3.8, 4) is 0 Å². The highest BCUT2D eigenvalue weighted by atomic mass is 79.9. The van der Waals surface area contributed by atoms with Crippen LogP contribution >= 0.6 is 27.7 Å². The summed E-state index contributed by atoms with van der Waals surface area (Å²) in [5.74, 6) is 0.359. The number of carbonyl (C=O) groups is 2. The minimum atomic E-state index is -0.307. The number of benzene rings is 1. The summed E-state index contributed by atoms with van der Waals surface area (Å²) in [6.45, 7) is 2.15. The van der Waals surface area contributed by atoms with Crippen LogP contribution in [0.4, 0.5) is 0 Å². The fraction of sp³-hybridized carbons (Fsp3) is 0.471. The second kappa shape index (κ2) is 9.84.